The van der Waals surface area contributed by atoms with E-state index in [4.69, 9.17) is 0 Å². The van der Waals surface area contributed by atoms with Gasteiger partial charge in [-0.2, -0.15) is 0 Å². The summed E-state index contributed by atoms with van der Waals surface area (Å²) < 4.78 is 0. The van der Waals surface area contributed by atoms with Crippen LogP contribution in [0, 0.1) is 6.92 Å². The van der Waals surface area contributed by atoms with Gasteiger partial charge < -0.3 is 0 Å². The van der Waals surface area contributed by atoms with Gasteiger partial charge in [-0.25, -0.2) is 4.98 Å². The molecule has 1 aliphatic rings. The minimum absolute atomic E-state index is 0.298. The average molecular weight is 238 g/mol. The lowest BCUT2D eigenvalue weighted by atomic mass is 10.1. The second-order valence-electron chi connectivity index (χ2n) is 4.56. The number of thiazole rings is 1. The second kappa shape index (κ2) is 5.06. The fourth-order valence-electron chi connectivity index (χ4n) is 2.32. The number of ketones is 1. The third kappa shape index (κ3) is 2.89. The highest BCUT2D eigenvalue weighted by atomic mass is 32.1. The largest absolute Gasteiger partial charge is 0.300 e. The molecule has 1 unspecified atom stereocenters. The summed E-state index contributed by atoms with van der Waals surface area (Å²) in [5.74, 6) is 0.298. The predicted octanol–water partition coefficient (Wildman–Crippen LogP) is 2.40. The van der Waals surface area contributed by atoms with Gasteiger partial charge in [0, 0.05) is 23.5 Å². The topological polar surface area (TPSA) is 33.2 Å². The van der Waals surface area contributed by atoms with Crippen LogP contribution in [0.15, 0.2) is 5.38 Å². The Kier molecular flexibility index (Phi) is 3.71. The summed E-state index contributed by atoms with van der Waals surface area (Å²) >= 11 is 1.72. The van der Waals surface area contributed by atoms with Crippen molar-refractivity contribution in [1.29, 1.82) is 0 Å². The molecule has 0 N–H and O–H groups in total. The van der Waals surface area contributed by atoms with Crippen molar-refractivity contribution in [3.63, 3.8) is 0 Å². The SMILES string of the molecule is CC(=O)CC1CCCN1Cc1nc(C)cs1. The van der Waals surface area contributed by atoms with Gasteiger partial charge in [-0.15, -0.1) is 11.3 Å². The van der Waals surface area contributed by atoms with Crippen LogP contribution in [-0.2, 0) is 11.3 Å². The van der Waals surface area contributed by atoms with Gasteiger partial charge in [0.2, 0.25) is 0 Å². The highest BCUT2D eigenvalue weighted by Gasteiger charge is 2.25. The van der Waals surface area contributed by atoms with Crippen LogP contribution in [0.5, 0.6) is 0 Å². The molecule has 16 heavy (non-hydrogen) atoms. The molecule has 1 aromatic rings. The van der Waals surface area contributed by atoms with Crippen LogP contribution in [-0.4, -0.2) is 28.3 Å². The van der Waals surface area contributed by atoms with Crippen LogP contribution in [0.1, 0.15) is 36.9 Å². The highest BCUT2D eigenvalue weighted by molar-refractivity contribution is 7.09. The maximum atomic E-state index is 11.2. The maximum Gasteiger partial charge on any atom is 0.131 e. The standard InChI is InChI=1S/C12H18N2OS/c1-9-8-16-12(13-9)7-14-5-3-4-11(14)6-10(2)15/h8,11H,3-7H2,1-2H3. The molecule has 1 fully saturated rings. The van der Waals surface area contributed by atoms with E-state index in [0.717, 1.165) is 25.2 Å². The van der Waals surface area contributed by atoms with Crippen molar-refractivity contribution in [3.05, 3.63) is 16.1 Å². The van der Waals surface area contributed by atoms with Gasteiger partial charge in [0.25, 0.3) is 0 Å². The Morgan fingerprint density at radius 3 is 3.12 bits per heavy atom. The summed E-state index contributed by atoms with van der Waals surface area (Å²) in [5.41, 5.74) is 1.10. The van der Waals surface area contributed by atoms with Crippen LogP contribution in [0.3, 0.4) is 0 Å². The molecular weight excluding hydrogens is 220 g/mol. The van der Waals surface area contributed by atoms with E-state index in [1.165, 1.54) is 11.4 Å². The van der Waals surface area contributed by atoms with E-state index in [9.17, 15) is 4.79 Å². The number of rotatable bonds is 4. The number of Topliss-reactive ketones (excluding diaryl/α,β-unsaturated/α-hetero) is 1. The monoisotopic (exact) mass is 238 g/mol. The molecule has 0 amide bonds. The first kappa shape index (κ1) is 11.7. The molecule has 1 aliphatic heterocycles. The lowest BCUT2D eigenvalue weighted by Gasteiger charge is -2.22. The van der Waals surface area contributed by atoms with Crippen LogP contribution < -0.4 is 0 Å². The van der Waals surface area contributed by atoms with Gasteiger partial charge in [0.1, 0.15) is 10.8 Å². The third-order valence-electron chi connectivity index (χ3n) is 3.03. The van der Waals surface area contributed by atoms with E-state index in [1.54, 1.807) is 18.3 Å². The Morgan fingerprint density at radius 2 is 2.50 bits per heavy atom. The van der Waals surface area contributed by atoms with Crippen LogP contribution in [0.25, 0.3) is 0 Å². The summed E-state index contributed by atoms with van der Waals surface area (Å²) in [6.07, 6.45) is 3.07. The Labute approximate surface area is 100 Å². The molecule has 0 spiro atoms. The molecule has 88 valence electrons. The molecule has 3 nitrogen and oxygen atoms in total. The number of hydrogen-bond donors (Lipinski definition) is 0. The van der Waals surface area contributed by atoms with E-state index >= 15 is 0 Å². The van der Waals surface area contributed by atoms with Crippen LogP contribution in [0.4, 0.5) is 0 Å². The van der Waals surface area contributed by atoms with E-state index in [2.05, 4.69) is 15.3 Å². The molecule has 2 heterocycles. The minimum Gasteiger partial charge on any atom is -0.300 e. The molecule has 1 saturated heterocycles. The number of likely N-dealkylation sites (tertiary alicyclic amines) is 1. The van der Waals surface area contributed by atoms with Crippen molar-refractivity contribution in [2.45, 2.75) is 45.7 Å². The normalized spacial score (nSPS) is 21.5. The molecule has 0 radical (unpaired) electrons. The summed E-state index contributed by atoms with van der Waals surface area (Å²) in [6, 6.07) is 0.446. The van der Waals surface area contributed by atoms with Crippen LogP contribution in [0.2, 0.25) is 0 Å². The molecule has 4 heteroatoms. The average Bonchev–Trinajstić information content (AvgIpc) is 2.77. The first-order valence-corrected chi connectivity index (χ1v) is 6.67. The molecule has 0 saturated carbocycles. The van der Waals surface area contributed by atoms with E-state index < -0.39 is 0 Å². The molecule has 0 aliphatic carbocycles. The Bertz CT molecular complexity index is 375. The quantitative estimate of drug-likeness (QED) is 0.807. The van der Waals surface area contributed by atoms with Crippen molar-refractivity contribution in [2.75, 3.05) is 6.54 Å². The number of aromatic nitrogens is 1. The second-order valence-corrected chi connectivity index (χ2v) is 5.50. The van der Waals surface area contributed by atoms with Crippen molar-refractivity contribution in [2.24, 2.45) is 0 Å². The van der Waals surface area contributed by atoms with Gasteiger partial charge >= 0.3 is 0 Å². The minimum atomic E-state index is 0.298. The fraction of sp³-hybridized carbons (Fsp3) is 0.667. The lowest BCUT2D eigenvalue weighted by Crippen LogP contribution is -2.30. The summed E-state index contributed by atoms with van der Waals surface area (Å²) in [4.78, 5) is 18.0. The Balaban J connectivity index is 1.95. The molecule has 1 atom stereocenters. The molecular formula is C12H18N2OS. The van der Waals surface area contributed by atoms with Gasteiger partial charge in [-0.3, -0.25) is 9.69 Å². The molecule has 0 bridgehead atoms. The number of carbonyl (C=O) groups is 1. The number of aryl methyl sites for hydroxylation is 1. The Morgan fingerprint density at radius 1 is 1.69 bits per heavy atom. The van der Waals surface area contributed by atoms with Crippen molar-refractivity contribution in [1.82, 2.24) is 9.88 Å². The van der Waals surface area contributed by atoms with Crippen molar-refractivity contribution < 1.29 is 4.79 Å². The van der Waals surface area contributed by atoms with Gasteiger partial charge in [-0.1, -0.05) is 0 Å². The predicted molar refractivity (Wildman–Crippen MR) is 65.6 cm³/mol. The third-order valence-corrected chi connectivity index (χ3v) is 3.98. The summed E-state index contributed by atoms with van der Waals surface area (Å²) in [5, 5.41) is 3.26. The molecule has 2 rings (SSSR count). The lowest BCUT2D eigenvalue weighted by molar-refractivity contribution is -0.118. The highest BCUT2D eigenvalue weighted by Crippen LogP contribution is 2.23. The zero-order valence-corrected chi connectivity index (χ0v) is 10.7. The summed E-state index contributed by atoms with van der Waals surface area (Å²) in [6.45, 7) is 5.73. The fourth-order valence-corrected chi connectivity index (χ4v) is 3.11. The number of nitrogens with zero attached hydrogens (tertiary/aromatic N) is 2. The summed E-state index contributed by atoms with van der Waals surface area (Å²) in [7, 11) is 0. The zero-order chi connectivity index (χ0) is 11.5. The zero-order valence-electron chi connectivity index (χ0n) is 9.90. The molecule has 0 aromatic carbocycles. The number of carbonyl (C=O) groups excluding carboxylic acids is 1. The maximum absolute atomic E-state index is 11.2. The Hall–Kier alpha value is -0.740. The van der Waals surface area contributed by atoms with Gasteiger partial charge in [0.05, 0.1) is 6.54 Å². The smallest absolute Gasteiger partial charge is 0.131 e. The van der Waals surface area contributed by atoms with Gasteiger partial charge in [-0.05, 0) is 33.2 Å². The van der Waals surface area contributed by atoms with Crippen LogP contribution >= 0.6 is 11.3 Å². The van der Waals surface area contributed by atoms with Crippen molar-refractivity contribution in [3.8, 4) is 0 Å². The van der Waals surface area contributed by atoms with E-state index in [-0.39, 0.29) is 0 Å². The first-order chi connectivity index (χ1) is 7.65. The van der Waals surface area contributed by atoms with E-state index in [1.807, 2.05) is 6.92 Å². The van der Waals surface area contributed by atoms with Gasteiger partial charge in [0.15, 0.2) is 0 Å². The van der Waals surface area contributed by atoms with Crippen molar-refractivity contribution >= 4 is 17.1 Å². The first-order valence-electron chi connectivity index (χ1n) is 5.79. The van der Waals surface area contributed by atoms with E-state index in [0.29, 0.717) is 18.2 Å². The number of hydrogen-bond acceptors (Lipinski definition) is 4. The molecule has 1 aromatic heterocycles.